The van der Waals surface area contributed by atoms with E-state index in [9.17, 15) is 10.0 Å². The summed E-state index contributed by atoms with van der Waals surface area (Å²) in [5.74, 6) is 0.674. The van der Waals surface area contributed by atoms with Gasteiger partial charge < -0.3 is 14.9 Å². The monoisotopic (exact) mass is 401 g/mol. The van der Waals surface area contributed by atoms with Crippen LogP contribution in [0.15, 0.2) is 52.9 Å². The van der Waals surface area contributed by atoms with Gasteiger partial charge in [-0.15, -0.1) is 5.10 Å². The van der Waals surface area contributed by atoms with Crippen molar-refractivity contribution in [3.05, 3.63) is 70.9 Å². The molecule has 10 heteroatoms. The fourth-order valence-corrected chi connectivity index (χ4v) is 3.29. The Morgan fingerprint density at radius 1 is 1.23 bits per heavy atom. The molecule has 0 aliphatic heterocycles. The van der Waals surface area contributed by atoms with Crippen molar-refractivity contribution < 1.29 is 13.9 Å². The average Bonchev–Trinajstić information content (AvgIpc) is 3.43. The van der Waals surface area contributed by atoms with E-state index in [1.165, 1.54) is 0 Å². The van der Waals surface area contributed by atoms with E-state index in [0.717, 1.165) is 15.7 Å². The maximum absolute atomic E-state index is 12.7. The number of furan rings is 1. The molecule has 0 bridgehead atoms. The Labute approximate surface area is 169 Å². The molecule has 3 heterocycles. The van der Waals surface area contributed by atoms with Crippen molar-refractivity contribution in [1.29, 1.82) is 0 Å². The topological polar surface area (TPSA) is 137 Å². The molecule has 2 N–H and O–H groups in total. The Balaban J connectivity index is 1.38. The second kappa shape index (κ2) is 6.92. The van der Waals surface area contributed by atoms with Gasteiger partial charge in [0, 0.05) is 23.9 Å². The summed E-state index contributed by atoms with van der Waals surface area (Å²) in [4.78, 5) is 17.0. The number of aromatic amines is 1. The lowest BCUT2D eigenvalue weighted by Gasteiger charge is -2.09. The van der Waals surface area contributed by atoms with Crippen LogP contribution in [0.1, 0.15) is 21.9 Å². The van der Waals surface area contributed by atoms with Crippen LogP contribution in [-0.2, 0) is 6.54 Å². The lowest BCUT2D eigenvalue weighted by atomic mass is 10.1. The van der Waals surface area contributed by atoms with E-state index in [4.69, 9.17) is 4.42 Å². The molecule has 3 aromatic heterocycles. The van der Waals surface area contributed by atoms with Gasteiger partial charge in [0.05, 0.1) is 6.54 Å². The van der Waals surface area contributed by atoms with Gasteiger partial charge in [-0.25, -0.2) is 10.1 Å². The number of para-hydroxylation sites is 2. The summed E-state index contributed by atoms with van der Waals surface area (Å²) in [6, 6.07) is 14.3. The van der Waals surface area contributed by atoms with Crippen molar-refractivity contribution >= 4 is 27.9 Å². The van der Waals surface area contributed by atoms with E-state index in [1.54, 1.807) is 31.2 Å². The third-order valence-electron chi connectivity index (χ3n) is 4.80. The zero-order valence-corrected chi connectivity index (χ0v) is 15.8. The number of amides is 1. The summed E-state index contributed by atoms with van der Waals surface area (Å²) < 4.78 is 6.51. The van der Waals surface area contributed by atoms with Crippen LogP contribution >= 0.6 is 0 Å². The van der Waals surface area contributed by atoms with Gasteiger partial charge in [0.25, 0.3) is 5.91 Å². The third-order valence-corrected chi connectivity index (χ3v) is 4.80. The number of carbonyl (C=O) groups excluding carboxylic acids is 1. The van der Waals surface area contributed by atoms with Gasteiger partial charge in [-0.1, -0.05) is 12.1 Å². The van der Waals surface area contributed by atoms with Crippen LogP contribution in [0.4, 0.5) is 0 Å². The Hall–Kier alpha value is -4.34. The number of rotatable bonds is 4. The van der Waals surface area contributed by atoms with Gasteiger partial charge in [-0.3, -0.25) is 4.79 Å². The maximum Gasteiger partial charge on any atom is 0.276 e. The van der Waals surface area contributed by atoms with Crippen molar-refractivity contribution in [1.82, 2.24) is 30.9 Å². The second-order valence-electron chi connectivity index (χ2n) is 6.73. The smallest absolute Gasteiger partial charge is 0.276 e. The van der Waals surface area contributed by atoms with Crippen molar-refractivity contribution in [3.63, 3.8) is 0 Å². The molecule has 0 saturated heterocycles. The lowest BCUT2D eigenvalue weighted by molar-refractivity contribution is -0.584. The minimum atomic E-state index is -0.447. The minimum Gasteiger partial charge on any atom is -0.618 e. The van der Waals surface area contributed by atoms with Crippen LogP contribution < -0.4 is 10.0 Å². The Bertz CT molecular complexity index is 1390. The summed E-state index contributed by atoms with van der Waals surface area (Å²) >= 11 is 0. The molecule has 0 aliphatic carbocycles. The third kappa shape index (κ3) is 3.00. The molecule has 2 aromatic carbocycles. The van der Waals surface area contributed by atoms with Crippen LogP contribution in [0.3, 0.4) is 0 Å². The molecule has 0 unspecified atom stereocenters. The molecular formula is C20H15N7O3. The zero-order valence-electron chi connectivity index (χ0n) is 15.8. The van der Waals surface area contributed by atoms with E-state index < -0.39 is 5.91 Å². The molecule has 5 rings (SSSR count). The predicted octanol–water partition coefficient (Wildman–Crippen LogP) is 2.03. The summed E-state index contributed by atoms with van der Waals surface area (Å²) in [6.07, 6.45) is 0. The van der Waals surface area contributed by atoms with Crippen LogP contribution in [0.5, 0.6) is 0 Å². The van der Waals surface area contributed by atoms with Gasteiger partial charge in [-0.05, 0) is 40.8 Å². The SMILES string of the molecule is Cc1c(C(=O)NCc2cc3cc(-c4nnn[nH]4)ccc3o2)nc2ccccc2[n+]1[O-]. The first kappa shape index (κ1) is 17.7. The molecule has 1 amide bonds. The first-order chi connectivity index (χ1) is 14.6. The summed E-state index contributed by atoms with van der Waals surface area (Å²) in [5.41, 5.74) is 2.69. The quantitative estimate of drug-likeness (QED) is 0.347. The molecule has 0 radical (unpaired) electrons. The van der Waals surface area contributed by atoms with Gasteiger partial charge in [-0.2, -0.15) is 4.73 Å². The number of nitrogens with one attached hydrogen (secondary N) is 2. The number of nitrogens with zero attached hydrogens (tertiary/aromatic N) is 5. The first-order valence-corrected chi connectivity index (χ1v) is 9.14. The maximum atomic E-state index is 12.7. The summed E-state index contributed by atoms with van der Waals surface area (Å²) in [6.45, 7) is 1.72. The number of tetrazole rings is 1. The second-order valence-corrected chi connectivity index (χ2v) is 6.73. The predicted molar refractivity (Wildman–Crippen MR) is 106 cm³/mol. The number of hydrogen-bond acceptors (Lipinski definition) is 7. The molecular weight excluding hydrogens is 386 g/mol. The molecule has 0 fully saturated rings. The van der Waals surface area contributed by atoms with Crippen LogP contribution in [-0.4, -0.2) is 31.5 Å². The highest BCUT2D eigenvalue weighted by atomic mass is 16.5. The molecule has 0 saturated carbocycles. The van der Waals surface area contributed by atoms with E-state index in [2.05, 4.69) is 30.9 Å². The van der Waals surface area contributed by atoms with Gasteiger partial charge in [0.1, 0.15) is 16.9 Å². The normalized spacial score (nSPS) is 11.2. The Morgan fingerprint density at radius 2 is 2.10 bits per heavy atom. The molecule has 0 atom stereocenters. The van der Waals surface area contributed by atoms with E-state index in [0.29, 0.717) is 28.2 Å². The van der Waals surface area contributed by atoms with Crippen LogP contribution in [0.25, 0.3) is 33.4 Å². The van der Waals surface area contributed by atoms with Gasteiger partial charge in [0.2, 0.25) is 11.2 Å². The van der Waals surface area contributed by atoms with Crippen molar-refractivity contribution in [2.45, 2.75) is 13.5 Å². The lowest BCUT2D eigenvalue weighted by Crippen LogP contribution is -2.36. The molecule has 30 heavy (non-hydrogen) atoms. The highest BCUT2D eigenvalue weighted by Gasteiger charge is 2.21. The molecule has 10 nitrogen and oxygen atoms in total. The summed E-state index contributed by atoms with van der Waals surface area (Å²) in [5, 5.41) is 29.8. The minimum absolute atomic E-state index is 0.0833. The largest absolute Gasteiger partial charge is 0.618 e. The highest BCUT2D eigenvalue weighted by Crippen LogP contribution is 2.24. The van der Waals surface area contributed by atoms with Crippen molar-refractivity contribution in [2.24, 2.45) is 0 Å². The first-order valence-electron chi connectivity index (χ1n) is 9.14. The van der Waals surface area contributed by atoms with Crippen molar-refractivity contribution in [2.75, 3.05) is 0 Å². The number of benzene rings is 2. The molecule has 0 aliphatic rings. The fraction of sp³-hybridized carbons (Fsp3) is 0.100. The van der Waals surface area contributed by atoms with E-state index in [1.807, 2.05) is 24.3 Å². The van der Waals surface area contributed by atoms with Gasteiger partial charge >= 0.3 is 0 Å². The van der Waals surface area contributed by atoms with Gasteiger partial charge in [0.15, 0.2) is 11.5 Å². The fourth-order valence-electron chi connectivity index (χ4n) is 3.29. The Morgan fingerprint density at radius 3 is 2.93 bits per heavy atom. The summed E-state index contributed by atoms with van der Waals surface area (Å²) in [7, 11) is 0. The Kier molecular flexibility index (Phi) is 4.09. The van der Waals surface area contributed by atoms with Crippen molar-refractivity contribution in [3.8, 4) is 11.4 Å². The van der Waals surface area contributed by atoms with E-state index >= 15 is 0 Å². The van der Waals surface area contributed by atoms with E-state index in [-0.39, 0.29) is 17.9 Å². The number of H-pyrrole nitrogens is 1. The number of aromatic nitrogens is 6. The number of carbonyl (C=O) groups is 1. The molecule has 148 valence electrons. The number of hydrogen-bond donors (Lipinski definition) is 2. The molecule has 0 spiro atoms. The number of fused-ring (bicyclic) bond motifs is 2. The molecule has 5 aromatic rings. The van der Waals surface area contributed by atoms with Crippen LogP contribution in [0, 0.1) is 12.1 Å². The highest BCUT2D eigenvalue weighted by molar-refractivity contribution is 5.94. The average molecular weight is 401 g/mol. The van der Waals surface area contributed by atoms with Crippen LogP contribution in [0.2, 0.25) is 0 Å². The standard InChI is InChI=1S/C20H15N7O3/c1-11-18(22-15-4-2-3-5-16(15)27(11)29)20(28)21-10-14-9-13-8-12(6-7-17(13)30-14)19-23-25-26-24-19/h2-9H,10H2,1H3,(H,21,28)(H,23,24,25,26). The zero-order chi connectivity index (χ0) is 20.7.